The molecule has 19 heavy (non-hydrogen) atoms. The fraction of sp³-hybridized carbons (Fsp3) is 0.400. The Bertz CT molecular complexity index is 542. The largest absolute Gasteiger partial charge is 0.498 e. The Morgan fingerprint density at radius 1 is 1.21 bits per heavy atom. The zero-order valence-electron chi connectivity index (χ0n) is 9.50. The van der Waals surface area contributed by atoms with Crippen LogP contribution in [-0.2, 0) is 9.84 Å². The average molecular weight is 297 g/mol. The molecule has 0 aliphatic rings. The predicted molar refractivity (Wildman–Crippen MR) is 60.6 cm³/mol. The highest BCUT2D eigenvalue weighted by atomic mass is 32.2. The first kappa shape index (κ1) is 15.4. The molecule has 0 N–H and O–H groups in total. The van der Waals surface area contributed by atoms with Gasteiger partial charge in [-0.1, -0.05) is 30.3 Å². The highest BCUT2D eigenvalue weighted by Crippen LogP contribution is 2.37. The predicted octanol–water partition coefficient (Wildman–Crippen LogP) is 2.33. The van der Waals surface area contributed by atoms with Gasteiger partial charge in [0.25, 0.3) is 9.84 Å². The normalized spacial score (nSPS) is 14.1. The van der Waals surface area contributed by atoms with Crippen LogP contribution in [0, 0.1) is 10.1 Å². The molecule has 0 heterocycles. The van der Waals surface area contributed by atoms with E-state index >= 15 is 0 Å². The van der Waals surface area contributed by atoms with Gasteiger partial charge in [0.1, 0.15) is 5.25 Å². The second-order valence-corrected chi connectivity index (χ2v) is 5.86. The van der Waals surface area contributed by atoms with Crippen molar-refractivity contribution >= 4 is 9.84 Å². The van der Waals surface area contributed by atoms with Gasteiger partial charge < -0.3 is 0 Å². The summed E-state index contributed by atoms with van der Waals surface area (Å²) in [6, 6.07) is 6.66. The molecule has 0 aromatic heterocycles. The third-order valence-electron chi connectivity index (χ3n) is 2.44. The minimum atomic E-state index is -5.49. The molecule has 0 saturated carbocycles. The molecule has 0 saturated heterocycles. The lowest BCUT2D eigenvalue weighted by Gasteiger charge is -2.18. The van der Waals surface area contributed by atoms with E-state index in [0.717, 1.165) is 0 Å². The molecule has 5 nitrogen and oxygen atoms in total. The highest BCUT2D eigenvalue weighted by Gasteiger charge is 2.51. The van der Waals surface area contributed by atoms with Gasteiger partial charge in [0, 0.05) is 11.3 Å². The Hall–Kier alpha value is -1.64. The molecule has 0 aliphatic carbocycles. The van der Waals surface area contributed by atoms with Gasteiger partial charge >= 0.3 is 5.51 Å². The summed E-state index contributed by atoms with van der Waals surface area (Å²) in [5.41, 5.74) is -5.55. The number of sulfone groups is 1. The number of nitrogens with zero attached hydrogens (tertiary/aromatic N) is 1. The molecular weight excluding hydrogens is 287 g/mol. The quantitative estimate of drug-likeness (QED) is 0.617. The maximum Gasteiger partial charge on any atom is 0.498 e. The standard InChI is InChI=1S/C10H10F3NO4S/c11-10(12,13)19(17,18)9(6-7-14(15)16)8-4-2-1-3-5-8/h1-5,9H,6-7H2. The molecule has 1 aromatic rings. The van der Waals surface area contributed by atoms with Gasteiger partial charge in [0.15, 0.2) is 0 Å². The Morgan fingerprint density at radius 3 is 2.16 bits per heavy atom. The number of rotatable bonds is 5. The van der Waals surface area contributed by atoms with Crippen molar-refractivity contribution in [1.82, 2.24) is 0 Å². The van der Waals surface area contributed by atoms with Gasteiger partial charge in [-0.3, -0.25) is 10.1 Å². The zero-order chi connectivity index (χ0) is 14.7. The van der Waals surface area contributed by atoms with Gasteiger partial charge in [-0.15, -0.1) is 0 Å². The van der Waals surface area contributed by atoms with Gasteiger partial charge in [-0.05, 0) is 5.56 Å². The highest BCUT2D eigenvalue weighted by molar-refractivity contribution is 7.92. The van der Waals surface area contributed by atoms with Crippen molar-refractivity contribution in [3.8, 4) is 0 Å². The summed E-state index contributed by atoms with van der Waals surface area (Å²) in [5, 5.41) is 8.28. The first-order valence-corrected chi connectivity index (χ1v) is 6.68. The third kappa shape index (κ3) is 3.66. The molecular formula is C10H10F3NO4S. The van der Waals surface area contributed by atoms with E-state index in [2.05, 4.69) is 0 Å². The molecule has 0 bridgehead atoms. The Balaban J connectivity index is 3.18. The van der Waals surface area contributed by atoms with E-state index in [1.165, 1.54) is 30.3 Å². The molecule has 1 aromatic carbocycles. The summed E-state index contributed by atoms with van der Waals surface area (Å²) in [4.78, 5) is 9.40. The fourth-order valence-corrected chi connectivity index (χ4v) is 2.81. The van der Waals surface area contributed by atoms with Crippen LogP contribution in [0.5, 0.6) is 0 Å². The van der Waals surface area contributed by atoms with Crippen molar-refractivity contribution < 1.29 is 26.5 Å². The van der Waals surface area contributed by atoms with E-state index in [-0.39, 0.29) is 5.56 Å². The zero-order valence-corrected chi connectivity index (χ0v) is 10.3. The summed E-state index contributed by atoms with van der Waals surface area (Å²) in [5.74, 6) is 0. The molecule has 0 aliphatic heterocycles. The maximum atomic E-state index is 12.5. The second kappa shape index (κ2) is 5.55. The van der Waals surface area contributed by atoms with Gasteiger partial charge in [-0.25, -0.2) is 8.42 Å². The van der Waals surface area contributed by atoms with Crippen molar-refractivity contribution in [3.63, 3.8) is 0 Å². The molecule has 106 valence electrons. The van der Waals surface area contributed by atoms with Crippen molar-refractivity contribution in [2.75, 3.05) is 6.54 Å². The van der Waals surface area contributed by atoms with Crippen LogP contribution in [0.15, 0.2) is 30.3 Å². The van der Waals surface area contributed by atoms with Crippen LogP contribution in [0.3, 0.4) is 0 Å². The summed E-state index contributed by atoms with van der Waals surface area (Å²) in [6.07, 6.45) is -0.723. The summed E-state index contributed by atoms with van der Waals surface area (Å²) >= 11 is 0. The number of hydrogen-bond donors (Lipinski definition) is 0. The first-order chi connectivity index (χ1) is 8.66. The smallest absolute Gasteiger partial charge is 0.265 e. The Kier molecular flexibility index (Phi) is 4.51. The summed E-state index contributed by atoms with van der Waals surface area (Å²) in [7, 11) is -5.49. The number of nitro groups is 1. The van der Waals surface area contributed by atoms with Crippen molar-refractivity contribution in [2.45, 2.75) is 17.2 Å². The van der Waals surface area contributed by atoms with Crippen LogP contribution in [-0.4, -0.2) is 25.4 Å². The van der Waals surface area contributed by atoms with Crippen molar-refractivity contribution in [3.05, 3.63) is 46.0 Å². The number of hydrogen-bond acceptors (Lipinski definition) is 4. The molecule has 1 unspecified atom stereocenters. The van der Waals surface area contributed by atoms with Crippen molar-refractivity contribution in [2.24, 2.45) is 0 Å². The van der Waals surface area contributed by atoms with Gasteiger partial charge in [0.2, 0.25) is 6.54 Å². The van der Waals surface area contributed by atoms with Gasteiger partial charge in [-0.2, -0.15) is 13.2 Å². The van der Waals surface area contributed by atoms with Gasteiger partial charge in [0.05, 0.1) is 0 Å². The van der Waals surface area contributed by atoms with E-state index < -0.39 is 38.5 Å². The van der Waals surface area contributed by atoms with Crippen LogP contribution < -0.4 is 0 Å². The molecule has 9 heteroatoms. The average Bonchev–Trinajstić information content (AvgIpc) is 2.28. The van der Waals surface area contributed by atoms with Crippen LogP contribution in [0.2, 0.25) is 0 Å². The van der Waals surface area contributed by atoms with Crippen molar-refractivity contribution in [1.29, 1.82) is 0 Å². The van der Waals surface area contributed by atoms with Crippen LogP contribution >= 0.6 is 0 Å². The minimum absolute atomic E-state index is 0.110. The molecule has 0 amide bonds. The lowest BCUT2D eigenvalue weighted by molar-refractivity contribution is -0.480. The van der Waals surface area contributed by atoms with E-state index in [9.17, 15) is 31.7 Å². The van der Waals surface area contributed by atoms with E-state index in [4.69, 9.17) is 0 Å². The summed E-state index contributed by atoms with van der Waals surface area (Å²) < 4.78 is 60.4. The molecule has 1 rings (SSSR count). The number of benzene rings is 1. The maximum absolute atomic E-state index is 12.5. The molecule has 0 radical (unpaired) electrons. The van der Waals surface area contributed by atoms with E-state index in [1.807, 2.05) is 0 Å². The number of halogens is 3. The molecule has 0 spiro atoms. The van der Waals surface area contributed by atoms with E-state index in [0.29, 0.717) is 0 Å². The Morgan fingerprint density at radius 2 is 1.74 bits per heavy atom. The van der Waals surface area contributed by atoms with Crippen LogP contribution in [0.4, 0.5) is 13.2 Å². The lowest BCUT2D eigenvalue weighted by Crippen LogP contribution is -2.30. The SMILES string of the molecule is O=[N+]([O-])CCC(c1ccccc1)S(=O)(=O)C(F)(F)F. The Labute approximate surface area is 107 Å². The third-order valence-corrected chi connectivity index (χ3v) is 4.34. The molecule has 1 atom stereocenters. The first-order valence-electron chi connectivity index (χ1n) is 5.13. The second-order valence-electron chi connectivity index (χ2n) is 3.74. The van der Waals surface area contributed by atoms with Crippen LogP contribution in [0.25, 0.3) is 0 Å². The topological polar surface area (TPSA) is 77.3 Å². The minimum Gasteiger partial charge on any atom is -0.265 e. The summed E-state index contributed by atoms with van der Waals surface area (Å²) in [6.45, 7) is -0.852. The molecule has 0 fully saturated rings. The monoisotopic (exact) mass is 297 g/mol. The van der Waals surface area contributed by atoms with E-state index in [1.54, 1.807) is 0 Å². The lowest BCUT2D eigenvalue weighted by atomic mass is 10.1. The number of alkyl halides is 3. The fourth-order valence-electron chi connectivity index (χ4n) is 1.55. The van der Waals surface area contributed by atoms with Crippen LogP contribution in [0.1, 0.15) is 17.2 Å².